The van der Waals surface area contributed by atoms with Crippen molar-refractivity contribution in [3.63, 3.8) is 0 Å². The Balaban J connectivity index is 3.50. The maximum Gasteiger partial charge on any atom is 0.219 e. The van der Waals surface area contributed by atoms with Gasteiger partial charge in [-0.3, -0.25) is 5.09 Å². The molecule has 0 saturated carbocycles. The van der Waals surface area contributed by atoms with Crippen LogP contribution >= 0.6 is 17.0 Å². The SMILES string of the molecule is COP(=S)(Cl)NCCC#N. The molecule has 0 amide bonds. The lowest BCUT2D eigenvalue weighted by Crippen LogP contribution is -2.08. The maximum atomic E-state index is 8.14. The highest BCUT2D eigenvalue weighted by Gasteiger charge is 2.08. The molecule has 0 saturated heterocycles. The number of nitrogens with one attached hydrogen (secondary N) is 1. The molecule has 0 aliphatic rings. The molecular weight excluding hydrogens is 191 g/mol. The van der Waals surface area contributed by atoms with Gasteiger partial charge in [-0.15, -0.1) is 0 Å². The zero-order chi connectivity index (χ0) is 8.04. The molecule has 0 bridgehead atoms. The highest BCUT2D eigenvalue weighted by Crippen LogP contribution is 2.46. The summed E-state index contributed by atoms with van der Waals surface area (Å²) in [4.78, 5) is 0. The first-order valence-electron chi connectivity index (χ1n) is 2.60. The number of hydrogen-bond acceptors (Lipinski definition) is 3. The van der Waals surface area contributed by atoms with Crippen molar-refractivity contribution in [3.8, 4) is 6.07 Å². The molecule has 0 rings (SSSR count). The molecule has 0 spiro atoms. The van der Waals surface area contributed by atoms with Gasteiger partial charge in [0.05, 0.1) is 6.07 Å². The van der Waals surface area contributed by atoms with Crippen LogP contribution in [-0.4, -0.2) is 13.7 Å². The van der Waals surface area contributed by atoms with Gasteiger partial charge in [0.2, 0.25) is 5.77 Å². The van der Waals surface area contributed by atoms with Crippen molar-refractivity contribution in [1.82, 2.24) is 5.09 Å². The van der Waals surface area contributed by atoms with E-state index in [9.17, 15) is 0 Å². The van der Waals surface area contributed by atoms with E-state index in [1.165, 1.54) is 7.11 Å². The average Bonchev–Trinajstić information content (AvgIpc) is 1.89. The van der Waals surface area contributed by atoms with E-state index in [2.05, 4.69) is 5.09 Å². The molecule has 0 aromatic carbocycles. The van der Waals surface area contributed by atoms with Gasteiger partial charge in [-0.2, -0.15) is 5.26 Å². The Morgan fingerprint density at radius 2 is 2.50 bits per heavy atom. The summed E-state index contributed by atoms with van der Waals surface area (Å²) in [6, 6.07) is 1.96. The molecule has 10 heavy (non-hydrogen) atoms. The minimum Gasteiger partial charge on any atom is -0.330 e. The van der Waals surface area contributed by atoms with Gasteiger partial charge in [-0.1, -0.05) is 0 Å². The van der Waals surface area contributed by atoms with Gasteiger partial charge in [0.1, 0.15) is 0 Å². The highest BCUT2D eigenvalue weighted by molar-refractivity contribution is 8.23. The van der Waals surface area contributed by atoms with Crippen molar-refractivity contribution < 1.29 is 4.52 Å². The van der Waals surface area contributed by atoms with Crippen LogP contribution in [0.4, 0.5) is 0 Å². The second-order valence-corrected chi connectivity index (χ2v) is 6.69. The van der Waals surface area contributed by atoms with Crippen molar-refractivity contribution in [3.05, 3.63) is 0 Å². The molecule has 1 atom stereocenters. The predicted molar refractivity (Wildman–Crippen MR) is 45.4 cm³/mol. The molecular formula is C4H8ClN2OPS. The number of nitrogens with zero attached hydrogens (tertiary/aromatic N) is 1. The summed E-state index contributed by atoms with van der Waals surface area (Å²) >= 11 is 10.4. The summed E-state index contributed by atoms with van der Waals surface area (Å²) < 4.78 is 4.76. The van der Waals surface area contributed by atoms with Crippen molar-refractivity contribution >= 4 is 28.8 Å². The fourth-order valence-electron chi connectivity index (χ4n) is 0.310. The van der Waals surface area contributed by atoms with E-state index in [0.717, 1.165) is 0 Å². The van der Waals surface area contributed by atoms with E-state index in [0.29, 0.717) is 13.0 Å². The lowest BCUT2D eigenvalue weighted by molar-refractivity contribution is 0.461. The van der Waals surface area contributed by atoms with Crippen LogP contribution in [0.1, 0.15) is 6.42 Å². The Kier molecular flexibility index (Phi) is 5.24. The van der Waals surface area contributed by atoms with E-state index in [1.54, 1.807) is 0 Å². The summed E-state index contributed by atoms with van der Waals surface area (Å²) in [5.74, 6) is -2.30. The molecule has 0 radical (unpaired) electrons. The van der Waals surface area contributed by atoms with Gasteiger partial charge in [-0.05, 0) is 23.0 Å². The molecule has 0 heterocycles. The average molecular weight is 199 g/mol. The van der Waals surface area contributed by atoms with E-state index < -0.39 is 5.77 Å². The molecule has 0 aromatic heterocycles. The maximum absolute atomic E-state index is 8.14. The fourth-order valence-corrected chi connectivity index (χ4v) is 1.35. The smallest absolute Gasteiger partial charge is 0.219 e. The fraction of sp³-hybridized carbons (Fsp3) is 0.750. The summed E-state index contributed by atoms with van der Waals surface area (Å²) in [6.07, 6.45) is 0.397. The Morgan fingerprint density at radius 1 is 1.90 bits per heavy atom. The molecule has 0 aliphatic carbocycles. The minimum atomic E-state index is -2.30. The van der Waals surface area contributed by atoms with E-state index in [4.69, 9.17) is 32.8 Å². The van der Waals surface area contributed by atoms with Gasteiger partial charge in [0, 0.05) is 20.1 Å². The van der Waals surface area contributed by atoms with E-state index >= 15 is 0 Å². The molecule has 1 N–H and O–H groups in total. The molecule has 3 nitrogen and oxygen atoms in total. The van der Waals surface area contributed by atoms with E-state index in [-0.39, 0.29) is 0 Å². The number of halogens is 1. The third-order valence-corrected chi connectivity index (χ3v) is 3.45. The number of nitriles is 1. The van der Waals surface area contributed by atoms with Gasteiger partial charge < -0.3 is 4.52 Å². The van der Waals surface area contributed by atoms with Gasteiger partial charge >= 0.3 is 0 Å². The topological polar surface area (TPSA) is 45.0 Å². The predicted octanol–water partition coefficient (Wildman–Crippen LogP) is 1.60. The molecule has 58 valence electrons. The first-order valence-corrected chi connectivity index (χ1v) is 6.22. The summed E-state index contributed by atoms with van der Waals surface area (Å²) in [5.41, 5.74) is 0. The van der Waals surface area contributed by atoms with Crippen LogP contribution in [0.15, 0.2) is 0 Å². The van der Waals surface area contributed by atoms with Crippen LogP contribution in [0, 0.1) is 11.3 Å². The van der Waals surface area contributed by atoms with Gasteiger partial charge in [0.25, 0.3) is 0 Å². The summed E-state index contributed by atoms with van der Waals surface area (Å²) in [7, 11) is 1.45. The third-order valence-electron chi connectivity index (χ3n) is 0.772. The minimum absolute atomic E-state index is 0.397. The first kappa shape index (κ1) is 10.3. The van der Waals surface area contributed by atoms with Crippen LogP contribution < -0.4 is 5.09 Å². The standard InChI is InChI=1S/C4H8ClN2OPS/c1-8-9(5,10)7-4-2-3-6/h2,4H2,1H3,(H,7,10). The second-order valence-electron chi connectivity index (χ2n) is 1.48. The van der Waals surface area contributed by atoms with Crippen LogP contribution in [0.3, 0.4) is 0 Å². The quantitative estimate of drug-likeness (QED) is 0.551. The molecule has 0 aromatic rings. The summed E-state index contributed by atoms with van der Waals surface area (Å²) in [6.45, 7) is 0.491. The Morgan fingerprint density at radius 3 is 2.90 bits per heavy atom. The van der Waals surface area contributed by atoms with Crippen LogP contribution in [0.5, 0.6) is 0 Å². The van der Waals surface area contributed by atoms with Crippen molar-refractivity contribution in [2.24, 2.45) is 0 Å². The Hall–Kier alpha value is 0.350. The summed E-state index contributed by atoms with van der Waals surface area (Å²) in [5, 5.41) is 10.9. The zero-order valence-corrected chi connectivity index (χ0v) is 7.97. The highest BCUT2D eigenvalue weighted by atomic mass is 35.7. The van der Waals surface area contributed by atoms with Gasteiger partial charge in [-0.25, -0.2) is 0 Å². The third kappa shape index (κ3) is 5.16. The molecule has 1 unspecified atom stereocenters. The Bertz CT molecular complexity index is 181. The van der Waals surface area contributed by atoms with Crippen molar-refractivity contribution in [2.45, 2.75) is 6.42 Å². The van der Waals surface area contributed by atoms with Crippen LogP contribution in [0.25, 0.3) is 0 Å². The lowest BCUT2D eigenvalue weighted by atomic mass is 10.5. The Labute approximate surface area is 70.2 Å². The number of hydrogen-bond donors (Lipinski definition) is 1. The zero-order valence-electron chi connectivity index (χ0n) is 5.50. The van der Waals surface area contributed by atoms with Crippen molar-refractivity contribution in [2.75, 3.05) is 13.7 Å². The van der Waals surface area contributed by atoms with E-state index in [1.807, 2.05) is 6.07 Å². The van der Waals surface area contributed by atoms with Gasteiger partial charge in [0.15, 0.2) is 0 Å². The lowest BCUT2D eigenvalue weighted by Gasteiger charge is -2.11. The van der Waals surface area contributed by atoms with Crippen LogP contribution in [0.2, 0.25) is 0 Å². The molecule has 0 fully saturated rings. The first-order chi connectivity index (χ1) is 4.62. The van der Waals surface area contributed by atoms with Crippen LogP contribution in [-0.2, 0) is 16.3 Å². The van der Waals surface area contributed by atoms with Crippen molar-refractivity contribution in [1.29, 1.82) is 5.26 Å². The largest absolute Gasteiger partial charge is 0.330 e. The second kappa shape index (κ2) is 5.06. The molecule has 6 heteroatoms. The normalized spacial score (nSPS) is 15.7. The molecule has 0 aliphatic heterocycles. The monoisotopic (exact) mass is 198 g/mol. The number of rotatable bonds is 4.